The minimum absolute atomic E-state index is 0.0347. The van der Waals surface area contributed by atoms with Gasteiger partial charge in [-0.25, -0.2) is 10.9 Å². The molecule has 2 rings (SSSR count). The van der Waals surface area contributed by atoms with Crippen LogP contribution in [0.1, 0.15) is 24.4 Å². The molecule has 2 unspecified atom stereocenters. The van der Waals surface area contributed by atoms with E-state index in [2.05, 4.69) is 16.2 Å². The average Bonchev–Trinajstić information content (AvgIpc) is 3.02. The second kappa shape index (κ2) is 8.74. The molecule has 1 aromatic rings. The molecule has 7 heteroatoms. The minimum Gasteiger partial charge on any atom is -0.394 e. The van der Waals surface area contributed by atoms with Crippen LogP contribution >= 0.6 is 23.4 Å². The quantitative estimate of drug-likeness (QED) is 0.603. The maximum absolute atomic E-state index is 12.3. The number of carbonyl (C=O) groups is 1. The first-order chi connectivity index (χ1) is 10.6. The van der Waals surface area contributed by atoms with Gasteiger partial charge in [0.1, 0.15) is 6.04 Å². The molecule has 1 heterocycles. The maximum atomic E-state index is 12.3. The number of rotatable bonds is 7. The van der Waals surface area contributed by atoms with Crippen LogP contribution < -0.4 is 16.2 Å². The van der Waals surface area contributed by atoms with Crippen molar-refractivity contribution in [3.05, 3.63) is 34.9 Å². The van der Waals surface area contributed by atoms with Gasteiger partial charge in [-0.05, 0) is 42.5 Å². The number of hydrogen-bond acceptors (Lipinski definition) is 5. The molecular weight excluding hydrogens is 322 g/mol. The van der Waals surface area contributed by atoms with E-state index in [1.54, 1.807) is 11.8 Å². The van der Waals surface area contributed by atoms with Gasteiger partial charge in [0.2, 0.25) is 5.91 Å². The Balaban J connectivity index is 1.86. The summed E-state index contributed by atoms with van der Waals surface area (Å²) in [5.74, 6) is 0.832. The number of nitrogens with one attached hydrogen (secondary N) is 3. The van der Waals surface area contributed by atoms with Crippen LogP contribution in [0.2, 0.25) is 5.02 Å². The summed E-state index contributed by atoms with van der Waals surface area (Å²) in [5.41, 5.74) is 7.25. The largest absolute Gasteiger partial charge is 0.394 e. The molecular formula is C15H22ClN3O2S. The Morgan fingerprint density at radius 1 is 1.45 bits per heavy atom. The van der Waals surface area contributed by atoms with Crippen molar-refractivity contribution in [1.82, 2.24) is 16.2 Å². The van der Waals surface area contributed by atoms with E-state index in [9.17, 15) is 9.90 Å². The van der Waals surface area contributed by atoms with E-state index < -0.39 is 0 Å². The van der Waals surface area contributed by atoms with Crippen molar-refractivity contribution in [2.75, 3.05) is 18.6 Å². The summed E-state index contributed by atoms with van der Waals surface area (Å²) < 4.78 is 0. The molecule has 3 atom stereocenters. The number of carbonyl (C=O) groups excluding carboxylic acids is 1. The third kappa shape index (κ3) is 4.86. The third-order valence-electron chi connectivity index (χ3n) is 3.73. The highest BCUT2D eigenvalue weighted by Gasteiger charge is 2.30. The van der Waals surface area contributed by atoms with E-state index in [4.69, 9.17) is 11.6 Å². The molecule has 0 aromatic heterocycles. The highest BCUT2D eigenvalue weighted by atomic mass is 35.5. The number of halogens is 1. The van der Waals surface area contributed by atoms with Crippen molar-refractivity contribution < 1.29 is 9.90 Å². The SMILES string of the molecule is CSCC[C@@H](CO)NC(=O)C1CC(c2ccc(Cl)cc2)NN1. The van der Waals surface area contributed by atoms with Crippen molar-refractivity contribution in [3.8, 4) is 0 Å². The van der Waals surface area contributed by atoms with Crippen LogP contribution in [0.4, 0.5) is 0 Å². The highest BCUT2D eigenvalue weighted by molar-refractivity contribution is 7.98. The van der Waals surface area contributed by atoms with Crippen LogP contribution in [-0.4, -0.2) is 41.7 Å². The predicted octanol–water partition coefficient (Wildman–Crippen LogP) is 1.48. The van der Waals surface area contributed by atoms with E-state index >= 15 is 0 Å². The second-order valence-electron chi connectivity index (χ2n) is 5.35. The molecule has 1 fully saturated rings. The molecule has 1 amide bonds. The van der Waals surface area contributed by atoms with Crippen LogP contribution in [0, 0.1) is 0 Å². The molecule has 5 nitrogen and oxygen atoms in total. The molecule has 0 saturated carbocycles. The zero-order valence-corrected chi connectivity index (χ0v) is 14.1. The lowest BCUT2D eigenvalue weighted by Crippen LogP contribution is -2.48. The van der Waals surface area contributed by atoms with E-state index in [0.29, 0.717) is 11.4 Å². The number of hydrazine groups is 1. The van der Waals surface area contributed by atoms with Crippen molar-refractivity contribution >= 4 is 29.3 Å². The van der Waals surface area contributed by atoms with E-state index in [1.807, 2.05) is 30.5 Å². The summed E-state index contributed by atoms with van der Waals surface area (Å²) in [5, 5.41) is 12.9. The predicted molar refractivity (Wildman–Crippen MR) is 90.9 cm³/mol. The van der Waals surface area contributed by atoms with Crippen molar-refractivity contribution in [3.63, 3.8) is 0 Å². The van der Waals surface area contributed by atoms with Gasteiger partial charge in [0.15, 0.2) is 0 Å². The molecule has 0 spiro atoms. The number of aliphatic hydroxyl groups is 1. The minimum atomic E-state index is -0.302. The second-order valence-corrected chi connectivity index (χ2v) is 6.77. The number of aliphatic hydroxyl groups excluding tert-OH is 1. The summed E-state index contributed by atoms with van der Waals surface area (Å²) in [6.45, 7) is -0.0347. The molecule has 0 aliphatic carbocycles. The fourth-order valence-electron chi connectivity index (χ4n) is 2.41. The zero-order valence-electron chi connectivity index (χ0n) is 12.5. The Morgan fingerprint density at radius 2 is 2.18 bits per heavy atom. The summed E-state index contributed by atoms with van der Waals surface area (Å²) in [7, 11) is 0. The van der Waals surface area contributed by atoms with E-state index in [-0.39, 0.29) is 30.6 Å². The Bertz CT molecular complexity index is 486. The number of benzene rings is 1. The molecule has 4 N–H and O–H groups in total. The van der Waals surface area contributed by atoms with Crippen LogP contribution in [0.15, 0.2) is 24.3 Å². The first kappa shape index (κ1) is 17.6. The van der Waals surface area contributed by atoms with Crippen LogP contribution in [0.25, 0.3) is 0 Å². The Kier molecular flexibility index (Phi) is 6.98. The van der Waals surface area contributed by atoms with Gasteiger partial charge in [-0.3, -0.25) is 4.79 Å². The number of thioether (sulfide) groups is 1. The topological polar surface area (TPSA) is 73.4 Å². The molecule has 1 aliphatic heterocycles. The van der Waals surface area contributed by atoms with Crippen LogP contribution in [0.3, 0.4) is 0 Å². The summed E-state index contributed by atoms with van der Waals surface area (Å²) >= 11 is 7.59. The molecule has 122 valence electrons. The highest BCUT2D eigenvalue weighted by Crippen LogP contribution is 2.23. The van der Waals surface area contributed by atoms with Gasteiger partial charge < -0.3 is 10.4 Å². The van der Waals surface area contributed by atoms with Crippen LogP contribution in [-0.2, 0) is 4.79 Å². The summed E-state index contributed by atoms with van der Waals surface area (Å²) in [4.78, 5) is 12.3. The standard InChI is InChI=1S/C15H22ClN3O2S/c1-22-7-6-12(9-20)17-15(21)14-8-13(18-19-14)10-2-4-11(16)5-3-10/h2-5,12-14,18-20H,6-9H2,1H3,(H,17,21)/t12-,13?,14?/m0/s1. The Hall–Kier alpha value is -0.790. The first-order valence-electron chi connectivity index (χ1n) is 7.30. The van der Waals surface area contributed by atoms with Crippen molar-refractivity contribution in [1.29, 1.82) is 0 Å². The third-order valence-corrected chi connectivity index (χ3v) is 4.63. The lowest BCUT2D eigenvalue weighted by molar-refractivity contribution is -0.123. The lowest BCUT2D eigenvalue weighted by atomic mass is 10.0. The molecule has 1 aromatic carbocycles. The summed E-state index contributed by atoms with van der Waals surface area (Å²) in [6, 6.07) is 7.19. The van der Waals surface area contributed by atoms with Gasteiger partial charge in [0.25, 0.3) is 0 Å². The van der Waals surface area contributed by atoms with E-state index in [0.717, 1.165) is 17.7 Å². The average molecular weight is 344 g/mol. The zero-order chi connectivity index (χ0) is 15.9. The van der Waals surface area contributed by atoms with E-state index in [1.165, 1.54) is 0 Å². The van der Waals surface area contributed by atoms with Gasteiger partial charge in [0, 0.05) is 11.1 Å². The molecule has 22 heavy (non-hydrogen) atoms. The number of amides is 1. The van der Waals surface area contributed by atoms with Gasteiger partial charge >= 0.3 is 0 Å². The van der Waals surface area contributed by atoms with Crippen molar-refractivity contribution in [2.24, 2.45) is 0 Å². The molecule has 0 bridgehead atoms. The lowest BCUT2D eigenvalue weighted by Gasteiger charge is -2.18. The van der Waals surface area contributed by atoms with Gasteiger partial charge in [0.05, 0.1) is 12.6 Å². The number of hydrogen-bond donors (Lipinski definition) is 4. The first-order valence-corrected chi connectivity index (χ1v) is 9.08. The fraction of sp³-hybridized carbons (Fsp3) is 0.533. The normalized spacial score (nSPS) is 22.5. The van der Waals surface area contributed by atoms with Gasteiger partial charge in [-0.2, -0.15) is 11.8 Å². The van der Waals surface area contributed by atoms with Gasteiger partial charge in [-0.1, -0.05) is 23.7 Å². The fourth-order valence-corrected chi connectivity index (χ4v) is 3.06. The maximum Gasteiger partial charge on any atom is 0.238 e. The molecule has 0 radical (unpaired) electrons. The monoisotopic (exact) mass is 343 g/mol. The molecule has 1 saturated heterocycles. The van der Waals surface area contributed by atoms with Crippen LogP contribution in [0.5, 0.6) is 0 Å². The van der Waals surface area contributed by atoms with Gasteiger partial charge in [-0.15, -0.1) is 0 Å². The smallest absolute Gasteiger partial charge is 0.238 e. The Labute approximate surface area is 140 Å². The Morgan fingerprint density at radius 3 is 2.82 bits per heavy atom. The molecule has 1 aliphatic rings. The summed E-state index contributed by atoms with van der Waals surface area (Å²) in [6.07, 6.45) is 3.44. The van der Waals surface area contributed by atoms with Crippen molar-refractivity contribution in [2.45, 2.75) is 31.0 Å².